The van der Waals surface area contributed by atoms with Crippen molar-refractivity contribution in [1.82, 2.24) is 4.57 Å². The Morgan fingerprint density at radius 2 is 1.91 bits per heavy atom. The molecule has 10 nitrogen and oxygen atoms in total. The summed E-state index contributed by atoms with van der Waals surface area (Å²) in [5.41, 5.74) is 1.73. The molecule has 4 heterocycles. The summed E-state index contributed by atoms with van der Waals surface area (Å²) in [7, 11) is 0. The Morgan fingerprint density at radius 1 is 1.11 bits per heavy atom. The maximum Gasteiger partial charge on any atom is 0.339 e. The molecule has 0 saturated carbocycles. The van der Waals surface area contributed by atoms with Gasteiger partial charge in [0.05, 0.1) is 40.1 Å². The lowest BCUT2D eigenvalue weighted by molar-refractivity contribution is -0.139. The number of ether oxygens (including phenoxy) is 4. The van der Waals surface area contributed by atoms with Crippen LogP contribution in [0.3, 0.4) is 0 Å². The molecule has 0 unspecified atom stereocenters. The lowest BCUT2D eigenvalue weighted by atomic mass is 9.95. The van der Waals surface area contributed by atoms with Crippen LogP contribution in [-0.2, 0) is 14.3 Å². The highest BCUT2D eigenvalue weighted by atomic mass is 35.5. The van der Waals surface area contributed by atoms with E-state index >= 15 is 0 Å². The van der Waals surface area contributed by atoms with Gasteiger partial charge in [0.1, 0.15) is 11.5 Å². The average Bonchev–Trinajstić information content (AvgIpc) is 3.71. The first-order chi connectivity index (χ1) is 21.1. The summed E-state index contributed by atoms with van der Waals surface area (Å²) < 4.78 is 29.7. The number of rotatable bonds is 7. The highest BCUT2D eigenvalue weighted by Gasteiger charge is 2.34. The van der Waals surface area contributed by atoms with Crippen LogP contribution in [0.2, 0.25) is 5.02 Å². The first kappa shape index (κ1) is 29.5. The number of allylic oxidation sites excluding steroid dienone is 1. The smallest absolute Gasteiger partial charge is 0.339 e. The van der Waals surface area contributed by atoms with Gasteiger partial charge < -0.3 is 23.4 Å². The van der Waals surface area contributed by atoms with Crippen LogP contribution in [0.4, 0.5) is 0 Å². The number of esters is 2. The maximum atomic E-state index is 14.0. The van der Waals surface area contributed by atoms with Gasteiger partial charge in [-0.05, 0) is 75.7 Å². The van der Waals surface area contributed by atoms with Gasteiger partial charge in [-0.25, -0.2) is 14.6 Å². The van der Waals surface area contributed by atoms with Gasteiger partial charge >= 0.3 is 11.9 Å². The SMILES string of the molecule is CCOC(=O)C1=C(C)N=c2s/c(=C/c3ccc(-c4cc(Cl)ccc4C(=O)OC(C)C)o3)c(=O)n2[C@H]1c1ccc2c(c1)OCO2. The molecule has 226 valence electrons. The molecule has 0 bridgehead atoms. The fourth-order valence-electron chi connectivity index (χ4n) is 5.07. The van der Waals surface area contributed by atoms with Crippen molar-refractivity contribution in [2.45, 2.75) is 39.8 Å². The van der Waals surface area contributed by atoms with E-state index in [0.29, 0.717) is 59.8 Å². The Kier molecular flexibility index (Phi) is 7.91. The number of carbonyl (C=O) groups is 2. The number of carbonyl (C=O) groups excluding carboxylic acids is 2. The van der Waals surface area contributed by atoms with E-state index in [1.807, 2.05) is 0 Å². The van der Waals surface area contributed by atoms with Gasteiger partial charge in [-0.3, -0.25) is 9.36 Å². The zero-order valence-electron chi connectivity index (χ0n) is 24.2. The van der Waals surface area contributed by atoms with Crippen LogP contribution < -0.4 is 24.4 Å². The predicted octanol–water partition coefficient (Wildman–Crippen LogP) is 5.01. The second-order valence-corrected chi connectivity index (χ2v) is 11.7. The second-order valence-electron chi connectivity index (χ2n) is 10.3. The molecule has 6 rings (SSSR count). The number of nitrogens with zero attached hydrogens (tertiary/aromatic N) is 2. The van der Waals surface area contributed by atoms with E-state index in [1.165, 1.54) is 4.57 Å². The van der Waals surface area contributed by atoms with Crippen LogP contribution in [0, 0.1) is 0 Å². The van der Waals surface area contributed by atoms with Gasteiger partial charge in [-0.1, -0.05) is 29.0 Å². The molecular weight excluding hydrogens is 608 g/mol. The Labute approximate surface area is 260 Å². The van der Waals surface area contributed by atoms with E-state index < -0.39 is 18.0 Å². The standard InChI is InChI=1S/C32H27ClN2O8S/c1-5-39-31(38)27-17(4)34-32-35(28(27)18-6-10-24-25(12-18)41-15-40-24)29(36)26(44-32)14-20-8-11-23(43-20)22-13-19(33)7-9-21(22)30(37)42-16(2)3/h6-14,16,28H,5,15H2,1-4H3/b26-14+/t28-/m0/s1. The third-order valence-corrected chi connectivity index (χ3v) is 8.16. The molecule has 0 amide bonds. The van der Waals surface area contributed by atoms with Gasteiger partial charge in [0.15, 0.2) is 16.3 Å². The fraction of sp³-hybridized carbons (Fsp3) is 0.250. The van der Waals surface area contributed by atoms with Crippen molar-refractivity contribution >= 4 is 41.0 Å². The molecular formula is C32H27ClN2O8S. The van der Waals surface area contributed by atoms with E-state index in [-0.39, 0.29) is 30.6 Å². The normalized spacial score (nSPS) is 15.8. The van der Waals surface area contributed by atoms with Gasteiger partial charge in [-0.15, -0.1) is 0 Å². The Balaban J connectivity index is 1.44. The topological polar surface area (TPSA) is 119 Å². The first-order valence-corrected chi connectivity index (χ1v) is 15.0. The molecule has 0 saturated heterocycles. The first-order valence-electron chi connectivity index (χ1n) is 13.8. The van der Waals surface area contributed by atoms with E-state index in [9.17, 15) is 14.4 Å². The Bertz CT molecular complexity index is 2020. The summed E-state index contributed by atoms with van der Waals surface area (Å²) >= 11 is 7.41. The van der Waals surface area contributed by atoms with Crippen molar-refractivity contribution in [3.63, 3.8) is 0 Å². The van der Waals surface area contributed by atoms with Gasteiger partial charge in [-0.2, -0.15) is 0 Å². The van der Waals surface area contributed by atoms with Crippen LogP contribution >= 0.6 is 22.9 Å². The lowest BCUT2D eigenvalue weighted by Gasteiger charge is -2.24. The van der Waals surface area contributed by atoms with Gasteiger partial charge in [0.2, 0.25) is 6.79 Å². The average molecular weight is 635 g/mol. The molecule has 4 aromatic rings. The lowest BCUT2D eigenvalue weighted by Crippen LogP contribution is -2.39. The predicted molar refractivity (Wildman–Crippen MR) is 163 cm³/mol. The molecule has 2 aliphatic heterocycles. The van der Waals surface area contributed by atoms with Gasteiger partial charge in [0.25, 0.3) is 5.56 Å². The van der Waals surface area contributed by atoms with E-state index in [4.69, 9.17) is 35.0 Å². The van der Waals surface area contributed by atoms with Crippen molar-refractivity contribution in [3.8, 4) is 22.8 Å². The molecule has 0 N–H and O–H groups in total. The highest BCUT2D eigenvalue weighted by molar-refractivity contribution is 7.07. The van der Waals surface area contributed by atoms with Crippen molar-refractivity contribution in [2.24, 2.45) is 4.99 Å². The summed E-state index contributed by atoms with van der Waals surface area (Å²) in [5.74, 6) is 0.774. The van der Waals surface area contributed by atoms with Crippen LogP contribution in [0.1, 0.15) is 55.4 Å². The van der Waals surface area contributed by atoms with Crippen LogP contribution in [-0.4, -0.2) is 36.0 Å². The Hall–Kier alpha value is -4.61. The monoisotopic (exact) mass is 634 g/mol. The molecule has 2 aromatic carbocycles. The summed E-state index contributed by atoms with van der Waals surface area (Å²) in [4.78, 5) is 44.9. The number of benzene rings is 2. The number of fused-ring (bicyclic) bond motifs is 2. The Morgan fingerprint density at radius 3 is 2.68 bits per heavy atom. The third-order valence-electron chi connectivity index (χ3n) is 6.94. The summed E-state index contributed by atoms with van der Waals surface area (Å²) in [5, 5.41) is 0.420. The number of halogens is 1. The van der Waals surface area contributed by atoms with Crippen LogP contribution in [0.5, 0.6) is 11.5 Å². The molecule has 0 radical (unpaired) electrons. The quantitative estimate of drug-likeness (QED) is 0.261. The molecule has 0 fully saturated rings. The zero-order chi connectivity index (χ0) is 31.1. The summed E-state index contributed by atoms with van der Waals surface area (Å²) in [6.45, 7) is 7.22. The zero-order valence-corrected chi connectivity index (χ0v) is 25.8. The largest absolute Gasteiger partial charge is 0.463 e. The van der Waals surface area contributed by atoms with Gasteiger partial charge in [0, 0.05) is 16.7 Å². The summed E-state index contributed by atoms with van der Waals surface area (Å²) in [6, 6.07) is 12.7. The molecule has 0 aliphatic carbocycles. The number of furan rings is 1. The molecule has 0 spiro atoms. The summed E-state index contributed by atoms with van der Waals surface area (Å²) in [6.07, 6.45) is 1.29. The van der Waals surface area contributed by atoms with E-state index in [0.717, 1.165) is 11.3 Å². The minimum absolute atomic E-state index is 0.0852. The maximum absolute atomic E-state index is 14.0. The molecule has 12 heteroatoms. The molecule has 2 aromatic heterocycles. The van der Waals surface area contributed by atoms with Crippen LogP contribution in [0.15, 0.2) is 74.0 Å². The number of hydrogen-bond acceptors (Lipinski definition) is 10. The third kappa shape index (κ3) is 5.44. The van der Waals surface area contributed by atoms with Crippen molar-refractivity contribution in [1.29, 1.82) is 0 Å². The number of thiazole rings is 1. The van der Waals surface area contributed by atoms with E-state index in [2.05, 4.69) is 4.99 Å². The van der Waals surface area contributed by atoms with Crippen molar-refractivity contribution in [3.05, 3.63) is 101 Å². The van der Waals surface area contributed by atoms with Crippen molar-refractivity contribution in [2.75, 3.05) is 13.4 Å². The van der Waals surface area contributed by atoms with Crippen molar-refractivity contribution < 1.29 is 33.0 Å². The fourth-order valence-corrected chi connectivity index (χ4v) is 6.27. The minimum Gasteiger partial charge on any atom is -0.463 e. The second kappa shape index (κ2) is 11.8. The highest BCUT2D eigenvalue weighted by Crippen LogP contribution is 2.38. The molecule has 44 heavy (non-hydrogen) atoms. The van der Waals surface area contributed by atoms with E-state index in [1.54, 1.807) is 82.3 Å². The number of hydrogen-bond donors (Lipinski definition) is 0. The minimum atomic E-state index is -0.810. The molecule has 2 aliphatic rings. The number of aromatic nitrogens is 1. The molecule has 1 atom stereocenters. The van der Waals surface area contributed by atoms with Crippen LogP contribution in [0.25, 0.3) is 17.4 Å².